The van der Waals surface area contributed by atoms with Gasteiger partial charge in [-0.05, 0) is 44.4 Å². The summed E-state index contributed by atoms with van der Waals surface area (Å²) in [4.78, 5) is 19.3. The predicted molar refractivity (Wildman–Crippen MR) is 105 cm³/mol. The zero-order valence-electron chi connectivity index (χ0n) is 15.5. The average molecular weight is 378 g/mol. The molecule has 0 aliphatic carbocycles. The van der Waals surface area contributed by atoms with E-state index in [0.717, 1.165) is 53.4 Å². The number of nitrogens with one attached hydrogen (secondary N) is 1. The van der Waals surface area contributed by atoms with Crippen LogP contribution in [-0.2, 0) is 9.53 Å². The van der Waals surface area contributed by atoms with E-state index in [1.54, 1.807) is 18.4 Å². The van der Waals surface area contributed by atoms with Crippen molar-refractivity contribution < 1.29 is 14.3 Å². The van der Waals surface area contributed by atoms with E-state index in [1.807, 2.05) is 19.1 Å². The molecule has 0 saturated carbocycles. The van der Waals surface area contributed by atoms with Crippen molar-refractivity contribution >= 4 is 32.6 Å². The van der Waals surface area contributed by atoms with E-state index in [4.69, 9.17) is 14.5 Å². The van der Waals surface area contributed by atoms with Gasteiger partial charge in [0.1, 0.15) is 5.75 Å². The summed E-state index contributed by atoms with van der Waals surface area (Å²) in [6.45, 7) is 5.76. The lowest BCUT2D eigenvalue weighted by molar-refractivity contribution is -0.125. The van der Waals surface area contributed by atoms with Crippen molar-refractivity contribution in [3.63, 3.8) is 0 Å². The molecule has 0 atom stereocenters. The first kappa shape index (κ1) is 18.9. The Hall–Kier alpha value is -1.86. The molecule has 1 amide bonds. The van der Waals surface area contributed by atoms with E-state index < -0.39 is 0 Å². The first-order chi connectivity index (χ1) is 12.7. The molecular weight excluding hydrogens is 350 g/mol. The predicted octanol–water partition coefficient (Wildman–Crippen LogP) is 3.06. The quantitative estimate of drug-likeness (QED) is 0.717. The number of rotatable bonds is 8. The molecule has 1 N–H and O–H groups in total. The van der Waals surface area contributed by atoms with Gasteiger partial charge >= 0.3 is 0 Å². The Labute approximate surface area is 158 Å². The fourth-order valence-electron chi connectivity index (χ4n) is 3.19. The number of ether oxygens (including phenoxy) is 2. The third-order valence-electron chi connectivity index (χ3n) is 4.62. The normalized spacial score (nSPS) is 15.4. The summed E-state index contributed by atoms with van der Waals surface area (Å²) in [5, 5.41) is 4.05. The van der Waals surface area contributed by atoms with Gasteiger partial charge in [-0.25, -0.2) is 4.98 Å². The van der Waals surface area contributed by atoms with Crippen LogP contribution in [0.5, 0.6) is 5.75 Å². The fourth-order valence-corrected chi connectivity index (χ4v) is 4.24. The smallest absolute Gasteiger partial charge is 0.223 e. The number of thiazole rings is 1. The maximum Gasteiger partial charge on any atom is 0.223 e. The maximum absolute atomic E-state index is 12.2. The number of methoxy groups -OCH3 is 1. The van der Waals surface area contributed by atoms with Crippen molar-refractivity contribution in [1.29, 1.82) is 0 Å². The molecule has 0 spiro atoms. The van der Waals surface area contributed by atoms with Gasteiger partial charge in [-0.1, -0.05) is 11.3 Å². The van der Waals surface area contributed by atoms with Gasteiger partial charge in [0.15, 0.2) is 5.13 Å². The standard InChI is InChI=1S/C19H27N3O3S/c1-3-25-15-5-6-16-17(13-15)26-19(21-16)22-10-7-14(8-11-22)18(23)20-9-4-12-24-2/h5-6,13-14H,3-4,7-12H2,1-2H3,(H,20,23). The molecule has 6 nitrogen and oxygen atoms in total. The molecule has 1 aromatic carbocycles. The van der Waals surface area contributed by atoms with Crippen LogP contribution in [-0.4, -0.2) is 50.8 Å². The Morgan fingerprint density at radius 2 is 2.19 bits per heavy atom. The van der Waals surface area contributed by atoms with Crippen molar-refractivity contribution in [3.05, 3.63) is 18.2 Å². The molecule has 26 heavy (non-hydrogen) atoms. The molecule has 2 aromatic rings. The molecule has 1 aliphatic rings. The summed E-state index contributed by atoms with van der Waals surface area (Å²) in [6.07, 6.45) is 2.60. The number of aromatic nitrogens is 1. The lowest BCUT2D eigenvalue weighted by Gasteiger charge is -2.31. The molecular formula is C19H27N3O3S. The number of benzene rings is 1. The minimum absolute atomic E-state index is 0.104. The third kappa shape index (κ3) is 4.65. The molecule has 1 saturated heterocycles. The number of fused-ring (bicyclic) bond motifs is 1. The van der Waals surface area contributed by atoms with Gasteiger partial charge in [0.25, 0.3) is 0 Å². The van der Waals surface area contributed by atoms with Crippen molar-refractivity contribution in [3.8, 4) is 5.75 Å². The second kappa shape index (κ2) is 9.19. The Bertz CT molecular complexity index is 726. The highest BCUT2D eigenvalue weighted by atomic mass is 32.1. The summed E-state index contributed by atoms with van der Waals surface area (Å²) in [7, 11) is 1.68. The lowest BCUT2D eigenvalue weighted by Crippen LogP contribution is -2.40. The van der Waals surface area contributed by atoms with Gasteiger partial charge < -0.3 is 19.7 Å². The Morgan fingerprint density at radius 3 is 2.92 bits per heavy atom. The van der Waals surface area contributed by atoms with Crippen LogP contribution in [0.1, 0.15) is 26.2 Å². The zero-order valence-corrected chi connectivity index (χ0v) is 16.3. The van der Waals surface area contributed by atoms with Gasteiger partial charge in [0, 0.05) is 39.3 Å². The van der Waals surface area contributed by atoms with E-state index in [-0.39, 0.29) is 11.8 Å². The summed E-state index contributed by atoms with van der Waals surface area (Å²) in [6, 6.07) is 6.04. The number of carbonyl (C=O) groups excluding carboxylic acids is 1. The molecule has 1 fully saturated rings. The highest BCUT2D eigenvalue weighted by molar-refractivity contribution is 7.22. The van der Waals surface area contributed by atoms with Crippen LogP contribution in [0.4, 0.5) is 5.13 Å². The zero-order chi connectivity index (χ0) is 18.4. The summed E-state index contributed by atoms with van der Waals surface area (Å²) < 4.78 is 11.7. The molecule has 0 radical (unpaired) electrons. The van der Waals surface area contributed by atoms with Crippen LogP contribution in [0.25, 0.3) is 10.2 Å². The number of hydrogen-bond donors (Lipinski definition) is 1. The molecule has 1 aromatic heterocycles. The molecule has 0 bridgehead atoms. The molecule has 3 rings (SSSR count). The van der Waals surface area contributed by atoms with Gasteiger partial charge in [-0.2, -0.15) is 0 Å². The first-order valence-corrected chi connectivity index (χ1v) is 10.1. The van der Waals surface area contributed by atoms with E-state index in [0.29, 0.717) is 19.8 Å². The Morgan fingerprint density at radius 1 is 1.38 bits per heavy atom. The SMILES string of the molecule is CCOc1ccc2nc(N3CCC(C(=O)NCCCOC)CC3)sc2c1. The maximum atomic E-state index is 12.2. The number of nitrogens with zero attached hydrogens (tertiary/aromatic N) is 2. The average Bonchev–Trinajstić information content (AvgIpc) is 3.09. The minimum atomic E-state index is 0.104. The van der Waals surface area contributed by atoms with Crippen molar-refractivity contribution in [2.45, 2.75) is 26.2 Å². The fraction of sp³-hybridized carbons (Fsp3) is 0.579. The number of amides is 1. The molecule has 1 aliphatic heterocycles. The van der Waals surface area contributed by atoms with Crippen LogP contribution in [0.2, 0.25) is 0 Å². The second-order valence-electron chi connectivity index (χ2n) is 6.46. The molecule has 7 heteroatoms. The van der Waals surface area contributed by atoms with Crippen LogP contribution in [0.15, 0.2) is 18.2 Å². The number of anilines is 1. The number of piperidine rings is 1. The first-order valence-electron chi connectivity index (χ1n) is 9.26. The van der Waals surface area contributed by atoms with Crippen LogP contribution < -0.4 is 15.0 Å². The Kier molecular flexibility index (Phi) is 6.68. The van der Waals surface area contributed by atoms with E-state index in [9.17, 15) is 4.79 Å². The largest absolute Gasteiger partial charge is 0.494 e. The summed E-state index contributed by atoms with van der Waals surface area (Å²) >= 11 is 1.69. The highest BCUT2D eigenvalue weighted by Crippen LogP contribution is 2.33. The number of carbonyl (C=O) groups is 1. The van der Waals surface area contributed by atoms with Gasteiger partial charge in [0.05, 0.1) is 16.8 Å². The van der Waals surface area contributed by atoms with Crippen LogP contribution >= 0.6 is 11.3 Å². The molecule has 0 unspecified atom stereocenters. The van der Waals surface area contributed by atoms with Gasteiger partial charge in [0.2, 0.25) is 5.91 Å². The second-order valence-corrected chi connectivity index (χ2v) is 7.47. The van der Waals surface area contributed by atoms with E-state index in [1.165, 1.54) is 0 Å². The van der Waals surface area contributed by atoms with Gasteiger partial charge in [-0.15, -0.1) is 0 Å². The van der Waals surface area contributed by atoms with Gasteiger partial charge in [-0.3, -0.25) is 4.79 Å². The molecule has 2 heterocycles. The van der Waals surface area contributed by atoms with E-state index in [2.05, 4.69) is 16.3 Å². The molecule has 142 valence electrons. The van der Waals surface area contributed by atoms with E-state index >= 15 is 0 Å². The van der Waals surface area contributed by atoms with Crippen molar-refractivity contribution in [2.24, 2.45) is 5.92 Å². The van der Waals surface area contributed by atoms with Crippen LogP contribution in [0.3, 0.4) is 0 Å². The topological polar surface area (TPSA) is 63.7 Å². The van der Waals surface area contributed by atoms with Crippen molar-refractivity contribution in [2.75, 3.05) is 44.9 Å². The third-order valence-corrected chi connectivity index (χ3v) is 5.70. The summed E-state index contributed by atoms with van der Waals surface area (Å²) in [5.41, 5.74) is 1.01. The monoisotopic (exact) mass is 377 g/mol. The lowest BCUT2D eigenvalue weighted by atomic mass is 9.96. The highest BCUT2D eigenvalue weighted by Gasteiger charge is 2.26. The Balaban J connectivity index is 1.54. The minimum Gasteiger partial charge on any atom is -0.494 e. The van der Waals surface area contributed by atoms with Crippen molar-refractivity contribution in [1.82, 2.24) is 10.3 Å². The van der Waals surface area contributed by atoms with Crippen LogP contribution in [0, 0.1) is 5.92 Å². The number of hydrogen-bond acceptors (Lipinski definition) is 6. The summed E-state index contributed by atoms with van der Waals surface area (Å²) in [5.74, 6) is 1.16.